The number of methoxy groups -OCH3 is 1. The van der Waals surface area contributed by atoms with E-state index in [1.165, 1.54) is 7.11 Å². The summed E-state index contributed by atoms with van der Waals surface area (Å²) in [5, 5.41) is 12.0. The minimum absolute atomic E-state index is 0.0167. The van der Waals surface area contributed by atoms with Crippen LogP contribution in [-0.2, 0) is 9.53 Å². The number of carbonyl (C=O) groups is 2. The zero-order chi connectivity index (χ0) is 18.9. The van der Waals surface area contributed by atoms with Crippen molar-refractivity contribution < 1.29 is 14.3 Å². The van der Waals surface area contributed by atoms with Crippen molar-refractivity contribution in [3.63, 3.8) is 0 Å². The number of piperazine rings is 1. The van der Waals surface area contributed by atoms with Crippen LogP contribution >= 0.6 is 0 Å². The van der Waals surface area contributed by atoms with E-state index in [0.717, 1.165) is 32.7 Å². The molecule has 0 bridgehead atoms. The zero-order valence-electron chi connectivity index (χ0n) is 14.8. The molecule has 1 aliphatic rings. The molecule has 2 rings (SSSR count). The van der Waals surface area contributed by atoms with Gasteiger partial charge in [-0.15, -0.1) is 0 Å². The van der Waals surface area contributed by atoms with Gasteiger partial charge in [0.05, 0.1) is 18.4 Å². The van der Waals surface area contributed by atoms with Gasteiger partial charge < -0.3 is 20.7 Å². The van der Waals surface area contributed by atoms with E-state index in [1.54, 1.807) is 30.5 Å². The molecule has 1 amide bonds. The molecule has 0 aromatic heterocycles. The van der Waals surface area contributed by atoms with E-state index in [1.807, 2.05) is 11.0 Å². The van der Waals surface area contributed by atoms with Crippen molar-refractivity contribution in [2.75, 3.05) is 51.7 Å². The fraction of sp³-hybridized carbons (Fsp3) is 0.389. The van der Waals surface area contributed by atoms with Gasteiger partial charge in [0, 0.05) is 45.5 Å². The van der Waals surface area contributed by atoms with Crippen molar-refractivity contribution in [3.8, 4) is 6.07 Å². The molecule has 0 atom stereocenters. The van der Waals surface area contributed by atoms with Crippen molar-refractivity contribution >= 4 is 17.6 Å². The van der Waals surface area contributed by atoms with Gasteiger partial charge in [-0.25, -0.2) is 4.79 Å². The standard InChI is InChI=1S/C18H23N5O3/c1-26-18(25)15-4-2-3-5-16(15)21-17(24)14(12-20)13-23-10-8-22(7-6-19)9-11-23/h2-5,13H,6-11,19H2,1H3,(H,21,24)/b14-13-. The van der Waals surface area contributed by atoms with Crippen LogP contribution in [0.4, 0.5) is 5.69 Å². The predicted molar refractivity (Wildman–Crippen MR) is 97.2 cm³/mol. The summed E-state index contributed by atoms with van der Waals surface area (Å²) in [5.74, 6) is -1.12. The Morgan fingerprint density at radius 3 is 2.62 bits per heavy atom. The SMILES string of the molecule is COC(=O)c1ccccc1NC(=O)/C(C#N)=C\N1CCN(CCN)CC1. The molecular weight excluding hydrogens is 334 g/mol. The molecule has 0 unspecified atom stereocenters. The van der Waals surface area contributed by atoms with Crippen LogP contribution in [0.5, 0.6) is 0 Å². The van der Waals surface area contributed by atoms with E-state index in [0.29, 0.717) is 12.2 Å². The number of anilines is 1. The third-order valence-corrected chi connectivity index (χ3v) is 4.11. The molecule has 1 saturated heterocycles. The number of para-hydroxylation sites is 1. The van der Waals surface area contributed by atoms with E-state index in [-0.39, 0.29) is 11.1 Å². The first kappa shape index (κ1) is 19.4. The Labute approximate surface area is 152 Å². The van der Waals surface area contributed by atoms with Gasteiger partial charge in [0.1, 0.15) is 11.6 Å². The number of benzene rings is 1. The molecule has 26 heavy (non-hydrogen) atoms. The summed E-state index contributed by atoms with van der Waals surface area (Å²) >= 11 is 0. The summed E-state index contributed by atoms with van der Waals surface area (Å²) in [5.41, 5.74) is 6.08. The average Bonchev–Trinajstić information content (AvgIpc) is 2.67. The first-order valence-electron chi connectivity index (χ1n) is 8.36. The minimum atomic E-state index is -0.562. The van der Waals surface area contributed by atoms with Gasteiger partial charge >= 0.3 is 5.97 Å². The quantitative estimate of drug-likeness (QED) is 0.430. The second-order valence-corrected chi connectivity index (χ2v) is 5.81. The Hall–Kier alpha value is -2.89. The molecule has 1 fully saturated rings. The number of esters is 1. The highest BCUT2D eigenvalue weighted by Crippen LogP contribution is 2.17. The molecule has 0 radical (unpaired) electrons. The lowest BCUT2D eigenvalue weighted by molar-refractivity contribution is -0.112. The number of ether oxygens (including phenoxy) is 1. The van der Waals surface area contributed by atoms with Gasteiger partial charge in [-0.05, 0) is 12.1 Å². The molecule has 138 valence electrons. The molecule has 3 N–H and O–H groups in total. The molecule has 0 aliphatic carbocycles. The lowest BCUT2D eigenvalue weighted by Crippen LogP contribution is -2.45. The number of hydrogen-bond donors (Lipinski definition) is 2. The number of amides is 1. The van der Waals surface area contributed by atoms with Gasteiger partial charge in [0.2, 0.25) is 0 Å². The molecule has 8 heteroatoms. The maximum absolute atomic E-state index is 12.4. The summed E-state index contributed by atoms with van der Waals surface area (Å²) in [7, 11) is 1.27. The maximum atomic E-state index is 12.4. The largest absolute Gasteiger partial charge is 0.465 e. The maximum Gasteiger partial charge on any atom is 0.339 e. The summed E-state index contributed by atoms with van der Waals surface area (Å²) < 4.78 is 4.71. The first-order valence-corrected chi connectivity index (χ1v) is 8.36. The van der Waals surface area contributed by atoms with E-state index in [4.69, 9.17) is 10.5 Å². The Balaban J connectivity index is 2.06. The van der Waals surface area contributed by atoms with E-state index in [2.05, 4.69) is 10.2 Å². The van der Waals surface area contributed by atoms with Crippen molar-refractivity contribution in [1.82, 2.24) is 9.80 Å². The van der Waals surface area contributed by atoms with Crippen LogP contribution in [0.2, 0.25) is 0 Å². The smallest absolute Gasteiger partial charge is 0.339 e. The normalized spacial score (nSPS) is 15.3. The summed E-state index contributed by atoms with van der Waals surface area (Å²) in [6.07, 6.45) is 1.57. The van der Waals surface area contributed by atoms with Gasteiger partial charge in [0.25, 0.3) is 5.91 Å². The van der Waals surface area contributed by atoms with Crippen molar-refractivity contribution in [1.29, 1.82) is 5.26 Å². The number of hydrogen-bond acceptors (Lipinski definition) is 7. The monoisotopic (exact) mass is 357 g/mol. The van der Waals surface area contributed by atoms with E-state index in [9.17, 15) is 14.9 Å². The Bertz CT molecular complexity index is 718. The van der Waals surface area contributed by atoms with Crippen LogP contribution in [0.15, 0.2) is 36.0 Å². The molecule has 0 saturated carbocycles. The fourth-order valence-corrected chi connectivity index (χ4v) is 2.69. The van der Waals surface area contributed by atoms with E-state index < -0.39 is 11.9 Å². The minimum Gasteiger partial charge on any atom is -0.465 e. The summed E-state index contributed by atoms with van der Waals surface area (Å²) in [6.45, 7) is 4.56. The Morgan fingerprint density at radius 1 is 1.31 bits per heavy atom. The Kier molecular flexibility index (Phi) is 7.14. The van der Waals surface area contributed by atoms with Crippen LogP contribution in [0.3, 0.4) is 0 Å². The average molecular weight is 357 g/mol. The van der Waals surface area contributed by atoms with Crippen LogP contribution in [0.25, 0.3) is 0 Å². The zero-order valence-corrected chi connectivity index (χ0v) is 14.8. The highest BCUT2D eigenvalue weighted by atomic mass is 16.5. The lowest BCUT2D eigenvalue weighted by atomic mass is 10.1. The second kappa shape index (κ2) is 9.56. The third-order valence-electron chi connectivity index (χ3n) is 4.11. The number of rotatable bonds is 6. The van der Waals surface area contributed by atoms with Gasteiger partial charge in [-0.2, -0.15) is 5.26 Å². The van der Waals surface area contributed by atoms with Crippen molar-refractivity contribution in [2.24, 2.45) is 5.73 Å². The van der Waals surface area contributed by atoms with Gasteiger partial charge in [-0.3, -0.25) is 9.69 Å². The molecule has 8 nitrogen and oxygen atoms in total. The third kappa shape index (κ3) is 5.05. The van der Waals surface area contributed by atoms with Crippen LogP contribution in [-0.4, -0.2) is 68.1 Å². The summed E-state index contributed by atoms with van der Waals surface area (Å²) in [4.78, 5) is 28.4. The van der Waals surface area contributed by atoms with Crippen LogP contribution in [0, 0.1) is 11.3 Å². The van der Waals surface area contributed by atoms with Crippen LogP contribution < -0.4 is 11.1 Å². The summed E-state index contributed by atoms with van der Waals surface area (Å²) in [6, 6.07) is 8.42. The molecule has 0 spiro atoms. The van der Waals surface area contributed by atoms with Crippen molar-refractivity contribution in [3.05, 3.63) is 41.6 Å². The van der Waals surface area contributed by atoms with Crippen LogP contribution in [0.1, 0.15) is 10.4 Å². The number of nitriles is 1. The number of carbonyl (C=O) groups excluding carboxylic acids is 2. The van der Waals surface area contributed by atoms with Gasteiger partial charge in [-0.1, -0.05) is 12.1 Å². The molecule has 1 aromatic rings. The topological polar surface area (TPSA) is 112 Å². The predicted octanol–water partition coefficient (Wildman–Crippen LogP) is 0.395. The molecule has 1 aromatic carbocycles. The highest BCUT2D eigenvalue weighted by molar-refractivity contribution is 6.09. The first-order chi connectivity index (χ1) is 12.6. The Morgan fingerprint density at radius 2 is 2.00 bits per heavy atom. The lowest BCUT2D eigenvalue weighted by Gasteiger charge is -2.33. The fourth-order valence-electron chi connectivity index (χ4n) is 2.69. The van der Waals surface area contributed by atoms with Gasteiger partial charge in [0.15, 0.2) is 0 Å². The molecule has 1 heterocycles. The van der Waals surface area contributed by atoms with E-state index >= 15 is 0 Å². The number of nitrogens with one attached hydrogen (secondary N) is 1. The molecule has 1 aliphatic heterocycles. The van der Waals surface area contributed by atoms with Crippen molar-refractivity contribution in [2.45, 2.75) is 0 Å². The number of nitrogens with zero attached hydrogens (tertiary/aromatic N) is 3. The number of nitrogens with two attached hydrogens (primary N) is 1. The highest BCUT2D eigenvalue weighted by Gasteiger charge is 2.18. The molecular formula is C18H23N5O3. The second-order valence-electron chi connectivity index (χ2n) is 5.81.